The Morgan fingerprint density at radius 3 is 2.69 bits per heavy atom. The second kappa shape index (κ2) is 5.54. The summed E-state index contributed by atoms with van der Waals surface area (Å²) in [6, 6.07) is 0. The summed E-state index contributed by atoms with van der Waals surface area (Å²) in [5.41, 5.74) is 0. The van der Waals surface area contributed by atoms with Gasteiger partial charge in [0, 0.05) is 20.2 Å². The number of ether oxygens (including phenoxy) is 1. The van der Waals surface area contributed by atoms with Gasteiger partial charge in [-0.15, -0.1) is 11.6 Å². The van der Waals surface area contributed by atoms with Crippen LogP contribution in [0.3, 0.4) is 0 Å². The van der Waals surface area contributed by atoms with E-state index in [9.17, 15) is 0 Å². The van der Waals surface area contributed by atoms with Gasteiger partial charge in [0.05, 0.1) is 16.9 Å². The van der Waals surface area contributed by atoms with E-state index in [0.29, 0.717) is 17.1 Å². The number of hydrogen-bond acceptors (Lipinski definition) is 4. The Morgan fingerprint density at radius 2 is 2.19 bits per heavy atom. The number of aromatic nitrogens is 1. The largest absolute Gasteiger partial charge is 0.381 e. The lowest BCUT2D eigenvalue weighted by molar-refractivity contribution is 0.0819. The van der Waals surface area contributed by atoms with Crippen molar-refractivity contribution >= 4 is 39.7 Å². The number of methoxy groups -OCH3 is 1. The van der Waals surface area contributed by atoms with E-state index >= 15 is 0 Å². The second-order valence-corrected chi connectivity index (χ2v) is 5.45. The Balaban J connectivity index is 2.02. The molecule has 1 aliphatic rings. The van der Waals surface area contributed by atoms with Crippen LogP contribution in [0.15, 0.2) is 0 Å². The van der Waals surface area contributed by atoms with E-state index in [1.54, 1.807) is 18.4 Å². The molecule has 1 aromatic rings. The molecule has 0 atom stereocenters. The molecule has 0 unspecified atom stereocenters. The van der Waals surface area contributed by atoms with Crippen molar-refractivity contribution in [3.63, 3.8) is 0 Å². The molecule has 0 aromatic carbocycles. The molecule has 0 radical (unpaired) electrons. The first-order chi connectivity index (χ1) is 7.74. The van der Waals surface area contributed by atoms with Crippen molar-refractivity contribution in [3.8, 4) is 0 Å². The number of hydrogen-bond donors (Lipinski definition) is 0. The van der Waals surface area contributed by atoms with Gasteiger partial charge in [-0.25, -0.2) is 4.98 Å². The van der Waals surface area contributed by atoms with Gasteiger partial charge in [-0.2, -0.15) is 0 Å². The molecule has 1 aromatic heterocycles. The fraction of sp³-hybridized carbons (Fsp3) is 0.700. The first kappa shape index (κ1) is 12.4. The van der Waals surface area contributed by atoms with Gasteiger partial charge in [0.2, 0.25) is 0 Å². The number of alkyl halides is 1. The predicted molar refractivity (Wildman–Crippen MR) is 68.9 cm³/mol. The molecule has 6 heteroatoms. The molecule has 1 aliphatic heterocycles. The van der Waals surface area contributed by atoms with Gasteiger partial charge in [-0.05, 0) is 12.8 Å². The predicted octanol–water partition coefficient (Wildman–Crippen LogP) is 3.15. The number of nitrogens with zero attached hydrogens (tertiary/aromatic N) is 2. The fourth-order valence-corrected chi connectivity index (χ4v) is 3.35. The van der Waals surface area contributed by atoms with Crippen LogP contribution in [0.25, 0.3) is 0 Å². The monoisotopic (exact) mass is 280 g/mol. The Morgan fingerprint density at radius 1 is 1.50 bits per heavy atom. The zero-order valence-electron chi connectivity index (χ0n) is 9.08. The van der Waals surface area contributed by atoms with Gasteiger partial charge in [0.25, 0.3) is 0 Å². The van der Waals surface area contributed by atoms with Crippen LogP contribution in [0, 0.1) is 0 Å². The zero-order chi connectivity index (χ0) is 11.5. The van der Waals surface area contributed by atoms with Crippen molar-refractivity contribution < 1.29 is 4.74 Å². The maximum Gasteiger partial charge on any atom is 0.187 e. The molecule has 1 fully saturated rings. The average Bonchev–Trinajstić information content (AvgIpc) is 2.71. The number of anilines is 1. The van der Waals surface area contributed by atoms with Crippen molar-refractivity contribution in [1.29, 1.82) is 0 Å². The second-order valence-electron chi connectivity index (χ2n) is 3.77. The molecule has 1 saturated heterocycles. The van der Waals surface area contributed by atoms with Crippen LogP contribution in [-0.2, 0) is 10.6 Å². The number of rotatable bonds is 3. The fourth-order valence-electron chi connectivity index (χ4n) is 1.82. The topological polar surface area (TPSA) is 25.4 Å². The summed E-state index contributed by atoms with van der Waals surface area (Å²) >= 11 is 13.3. The van der Waals surface area contributed by atoms with E-state index in [-0.39, 0.29) is 0 Å². The minimum atomic E-state index is 0.388. The molecule has 0 N–H and O–H groups in total. The third-order valence-corrected chi connectivity index (χ3v) is 4.77. The molecular weight excluding hydrogens is 267 g/mol. The van der Waals surface area contributed by atoms with Crippen LogP contribution < -0.4 is 4.90 Å². The molecule has 0 bridgehead atoms. The van der Waals surface area contributed by atoms with Crippen LogP contribution in [0.2, 0.25) is 5.15 Å². The van der Waals surface area contributed by atoms with Gasteiger partial charge in [-0.1, -0.05) is 22.9 Å². The lowest BCUT2D eigenvalue weighted by Crippen LogP contribution is -2.36. The van der Waals surface area contributed by atoms with Crippen LogP contribution in [0.4, 0.5) is 5.13 Å². The summed E-state index contributed by atoms with van der Waals surface area (Å²) in [4.78, 5) is 7.54. The lowest BCUT2D eigenvalue weighted by Gasteiger charge is -2.30. The van der Waals surface area contributed by atoms with Gasteiger partial charge >= 0.3 is 0 Å². The molecule has 16 heavy (non-hydrogen) atoms. The van der Waals surface area contributed by atoms with Crippen LogP contribution in [0.1, 0.15) is 17.7 Å². The van der Waals surface area contributed by atoms with Crippen molar-refractivity contribution in [3.05, 3.63) is 10.0 Å². The molecule has 0 aliphatic carbocycles. The van der Waals surface area contributed by atoms with E-state index in [2.05, 4.69) is 9.88 Å². The Bertz CT molecular complexity index is 351. The van der Waals surface area contributed by atoms with Gasteiger partial charge in [0.15, 0.2) is 5.13 Å². The van der Waals surface area contributed by atoms with Crippen LogP contribution >= 0.6 is 34.5 Å². The summed E-state index contributed by atoms with van der Waals surface area (Å²) in [7, 11) is 1.77. The number of thiazole rings is 1. The number of halogens is 2. The highest BCUT2D eigenvalue weighted by atomic mass is 35.5. The molecule has 0 saturated carbocycles. The average molecular weight is 281 g/mol. The zero-order valence-corrected chi connectivity index (χ0v) is 11.4. The Labute approximate surface area is 109 Å². The van der Waals surface area contributed by atoms with E-state index < -0.39 is 0 Å². The van der Waals surface area contributed by atoms with Crippen molar-refractivity contribution in [1.82, 2.24) is 4.98 Å². The molecule has 2 heterocycles. The van der Waals surface area contributed by atoms with E-state index in [1.165, 1.54) is 0 Å². The molecule has 0 spiro atoms. The standard InChI is InChI=1S/C10H14Cl2N2OS/c1-15-7-2-4-14(5-3-7)10-13-9(12)8(6-11)16-10/h7H,2-6H2,1H3. The van der Waals surface area contributed by atoms with Gasteiger partial charge in [0.1, 0.15) is 5.15 Å². The van der Waals surface area contributed by atoms with E-state index in [1.807, 2.05) is 0 Å². The lowest BCUT2D eigenvalue weighted by atomic mass is 10.1. The van der Waals surface area contributed by atoms with Crippen molar-refractivity contribution in [2.75, 3.05) is 25.1 Å². The third kappa shape index (κ3) is 2.62. The van der Waals surface area contributed by atoms with E-state index in [0.717, 1.165) is 35.9 Å². The third-order valence-electron chi connectivity index (χ3n) is 2.81. The van der Waals surface area contributed by atoms with Gasteiger partial charge in [-0.3, -0.25) is 0 Å². The summed E-state index contributed by atoms with van der Waals surface area (Å²) in [5.74, 6) is 0.436. The highest BCUT2D eigenvalue weighted by Crippen LogP contribution is 2.32. The van der Waals surface area contributed by atoms with Crippen molar-refractivity contribution in [2.45, 2.75) is 24.8 Å². The maximum absolute atomic E-state index is 5.98. The molecule has 3 nitrogen and oxygen atoms in total. The van der Waals surface area contributed by atoms with E-state index in [4.69, 9.17) is 27.9 Å². The summed E-state index contributed by atoms with van der Waals surface area (Å²) in [5, 5.41) is 1.53. The summed E-state index contributed by atoms with van der Waals surface area (Å²) in [6.07, 6.45) is 2.48. The SMILES string of the molecule is COC1CCN(c2nc(Cl)c(CCl)s2)CC1. The summed E-state index contributed by atoms with van der Waals surface area (Å²) < 4.78 is 5.33. The molecule has 2 rings (SSSR count). The normalized spacial score (nSPS) is 18.1. The first-order valence-corrected chi connectivity index (χ1v) is 6.96. The molecule has 90 valence electrons. The Hall–Kier alpha value is -0.0300. The van der Waals surface area contributed by atoms with Crippen molar-refractivity contribution in [2.24, 2.45) is 0 Å². The maximum atomic E-state index is 5.98. The highest BCUT2D eigenvalue weighted by Gasteiger charge is 2.21. The minimum Gasteiger partial charge on any atom is -0.381 e. The molecular formula is C10H14Cl2N2OS. The highest BCUT2D eigenvalue weighted by molar-refractivity contribution is 7.16. The summed E-state index contributed by atoms with van der Waals surface area (Å²) in [6.45, 7) is 1.95. The molecule has 0 amide bonds. The quantitative estimate of drug-likeness (QED) is 0.796. The van der Waals surface area contributed by atoms with Crippen LogP contribution in [0.5, 0.6) is 0 Å². The first-order valence-electron chi connectivity index (χ1n) is 5.23. The van der Waals surface area contributed by atoms with Gasteiger partial charge < -0.3 is 9.64 Å². The smallest absolute Gasteiger partial charge is 0.187 e. The van der Waals surface area contributed by atoms with Crippen LogP contribution in [-0.4, -0.2) is 31.3 Å². The number of piperidine rings is 1. The minimum absolute atomic E-state index is 0.388. The Kier molecular flexibility index (Phi) is 4.30.